The van der Waals surface area contributed by atoms with E-state index >= 15 is 0 Å². The number of cyclic esters (lactones) is 1. The van der Waals surface area contributed by atoms with Crippen molar-refractivity contribution in [3.8, 4) is 0 Å². The van der Waals surface area contributed by atoms with E-state index in [1.165, 1.54) is 11.3 Å². The molecule has 1 aromatic rings. The van der Waals surface area contributed by atoms with Gasteiger partial charge in [0.05, 0.1) is 47.8 Å². The monoisotopic (exact) mass is 527 g/mol. The Bertz CT molecular complexity index is 931. The molecule has 2 aliphatic heterocycles. The van der Waals surface area contributed by atoms with Crippen molar-refractivity contribution in [3.05, 3.63) is 21.7 Å². The minimum absolute atomic E-state index is 0.0139. The first-order valence-corrected chi connectivity index (χ1v) is 13.8. The minimum atomic E-state index is -1.24. The lowest BCUT2D eigenvalue weighted by Gasteiger charge is -2.34. The summed E-state index contributed by atoms with van der Waals surface area (Å²) in [7, 11) is 0. The van der Waals surface area contributed by atoms with E-state index in [-0.39, 0.29) is 30.3 Å². The van der Waals surface area contributed by atoms with Crippen molar-refractivity contribution < 1.29 is 29.3 Å². The summed E-state index contributed by atoms with van der Waals surface area (Å²) in [4.78, 5) is 30.5. The average Bonchev–Trinajstić information content (AvgIpc) is 3.38. The molecular weight excluding hydrogens is 490 g/mol. The normalized spacial score (nSPS) is 35.3. The highest BCUT2D eigenvalue weighted by Gasteiger charge is 2.44. The van der Waals surface area contributed by atoms with E-state index in [4.69, 9.17) is 21.1 Å². The second-order valence-corrected chi connectivity index (χ2v) is 11.8. The molecule has 2 fully saturated rings. The molecule has 1 aromatic heterocycles. The number of epoxide rings is 1. The number of rotatable bonds is 3. The van der Waals surface area contributed by atoms with Crippen molar-refractivity contribution in [3.63, 3.8) is 0 Å². The number of aliphatic hydroxyl groups excluding tert-OH is 2. The third-order valence-electron chi connectivity index (χ3n) is 7.46. The first kappa shape index (κ1) is 28.3. The highest BCUT2D eigenvalue weighted by Crippen LogP contribution is 2.36. The van der Waals surface area contributed by atoms with Gasteiger partial charge in [-0.1, -0.05) is 34.1 Å². The van der Waals surface area contributed by atoms with Gasteiger partial charge in [-0.25, -0.2) is 4.98 Å². The van der Waals surface area contributed by atoms with Crippen LogP contribution >= 0.6 is 22.9 Å². The molecule has 3 heterocycles. The topological polar surface area (TPSA) is 109 Å². The summed E-state index contributed by atoms with van der Waals surface area (Å²) in [5.41, 5.74) is 0.378. The van der Waals surface area contributed by atoms with E-state index in [1.807, 2.05) is 25.3 Å². The molecule has 0 aliphatic carbocycles. The summed E-state index contributed by atoms with van der Waals surface area (Å²) in [6.07, 6.45) is 2.07. The first-order chi connectivity index (χ1) is 16.4. The van der Waals surface area contributed by atoms with E-state index in [9.17, 15) is 19.8 Å². The van der Waals surface area contributed by atoms with E-state index in [0.717, 1.165) is 35.5 Å². The fraction of sp³-hybridized carbons (Fsp3) is 0.731. The number of thiazole rings is 1. The number of aliphatic hydroxyl groups is 2. The Morgan fingerprint density at radius 1 is 1.26 bits per heavy atom. The fourth-order valence-electron chi connectivity index (χ4n) is 4.79. The van der Waals surface area contributed by atoms with Crippen molar-refractivity contribution in [2.75, 3.05) is 0 Å². The van der Waals surface area contributed by atoms with Crippen LogP contribution in [0.25, 0.3) is 6.08 Å². The number of halogens is 1. The summed E-state index contributed by atoms with van der Waals surface area (Å²) in [5, 5.41) is 24.3. The van der Waals surface area contributed by atoms with Gasteiger partial charge >= 0.3 is 5.97 Å². The van der Waals surface area contributed by atoms with Crippen LogP contribution in [0.2, 0.25) is 0 Å². The predicted octanol–water partition coefficient (Wildman–Crippen LogP) is 4.52. The lowest BCUT2D eigenvalue weighted by atomic mass is 9.73. The van der Waals surface area contributed by atoms with E-state index in [0.29, 0.717) is 12.3 Å². The Morgan fingerprint density at radius 3 is 2.63 bits per heavy atom. The molecule has 0 bridgehead atoms. The van der Waals surface area contributed by atoms with Crippen LogP contribution in [-0.4, -0.2) is 57.5 Å². The molecule has 7 atom stereocenters. The summed E-state index contributed by atoms with van der Waals surface area (Å²) in [5.74, 6) is -1.22. The third kappa shape index (κ3) is 7.13. The SMILES string of the molecule is CC(=Cc1csc(CCl)n1)[C@@H]1C[C@@H]2O[C@@H]2CCC[C@H](C)[C@H](O)[C@@H](C)C(=O)C(C)(C)[C@@H](O)CC(=O)O1. The predicted molar refractivity (Wildman–Crippen MR) is 136 cm³/mol. The van der Waals surface area contributed by atoms with E-state index in [2.05, 4.69) is 4.98 Å². The smallest absolute Gasteiger partial charge is 0.309 e. The standard InChI is InChI=1S/C26H38ClNO6S/c1-14-7-6-8-18-20(33-18)10-19(15(2)9-17-13-35-22(12-27)28-17)34-23(30)11-21(29)26(4,5)25(32)16(3)24(14)31/h9,13-14,16,18-21,24,29,31H,6-8,10-12H2,1-5H3/t14-,16+,18+,19-,20-,21-,24-/m0/s1. The molecule has 0 saturated carbocycles. The zero-order valence-corrected chi connectivity index (χ0v) is 22.8. The number of carbonyl (C=O) groups excluding carboxylic acids is 2. The fourth-order valence-corrected chi connectivity index (χ4v) is 5.64. The molecule has 0 radical (unpaired) electrons. The van der Waals surface area contributed by atoms with Gasteiger partial charge < -0.3 is 19.7 Å². The third-order valence-corrected chi connectivity index (χ3v) is 8.74. The Kier molecular flexibility index (Phi) is 9.54. The Morgan fingerprint density at radius 2 is 1.97 bits per heavy atom. The maximum atomic E-state index is 13.2. The first-order valence-electron chi connectivity index (χ1n) is 12.4. The number of nitrogens with zero attached hydrogens (tertiary/aromatic N) is 1. The van der Waals surface area contributed by atoms with Gasteiger partial charge in [0.15, 0.2) is 0 Å². The van der Waals surface area contributed by atoms with Gasteiger partial charge in [0, 0.05) is 17.7 Å². The quantitative estimate of drug-likeness (QED) is 0.338. The zero-order valence-electron chi connectivity index (χ0n) is 21.2. The van der Waals surface area contributed by atoms with Crippen molar-refractivity contribution in [2.24, 2.45) is 17.3 Å². The van der Waals surface area contributed by atoms with Gasteiger partial charge in [0.25, 0.3) is 0 Å². The molecule has 35 heavy (non-hydrogen) atoms. The summed E-state index contributed by atoms with van der Waals surface area (Å²) < 4.78 is 11.7. The molecule has 7 nitrogen and oxygen atoms in total. The van der Waals surface area contributed by atoms with Gasteiger partial charge in [0.2, 0.25) is 0 Å². The molecule has 2 N–H and O–H groups in total. The van der Waals surface area contributed by atoms with Crippen LogP contribution in [-0.2, 0) is 24.9 Å². The van der Waals surface area contributed by atoms with Crippen LogP contribution in [0.3, 0.4) is 0 Å². The summed E-state index contributed by atoms with van der Waals surface area (Å²) >= 11 is 7.34. The molecule has 0 spiro atoms. The number of Topliss-reactive ketones (excluding diaryl/α,β-unsaturated/α-hetero) is 1. The van der Waals surface area contributed by atoms with Crippen LogP contribution in [0.4, 0.5) is 0 Å². The summed E-state index contributed by atoms with van der Waals surface area (Å²) in [6.45, 7) is 8.76. The van der Waals surface area contributed by atoms with Gasteiger partial charge in [0.1, 0.15) is 16.9 Å². The van der Waals surface area contributed by atoms with Crippen LogP contribution in [0, 0.1) is 17.3 Å². The number of hydrogen-bond acceptors (Lipinski definition) is 8. The van der Waals surface area contributed by atoms with Crippen molar-refractivity contribution in [2.45, 2.75) is 103 Å². The lowest BCUT2D eigenvalue weighted by molar-refractivity contribution is -0.154. The second-order valence-electron chi connectivity index (χ2n) is 10.6. The van der Waals surface area contributed by atoms with Crippen LogP contribution in [0.1, 0.15) is 77.4 Å². The van der Waals surface area contributed by atoms with Crippen molar-refractivity contribution >= 4 is 40.8 Å². The maximum absolute atomic E-state index is 13.2. The molecule has 0 aromatic carbocycles. The van der Waals surface area contributed by atoms with Gasteiger partial charge in [-0.3, -0.25) is 9.59 Å². The number of esters is 1. The molecule has 2 aliphatic rings. The molecule has 9 heteroatoms. The van der Waals surface area contributed by atoms with Gasteiger partial charge in [-0.05, 0) is 37.3 Å². The Balaban J connectivity index is 1.81. The van der Waals surface area contributed by atoms with Crippen molar-refractivity contribution in [1.29, 1.82) is 0 Å². The highest BCUT2D eigenvalue weighted by molar-refractivity contribution is 7.09. The number of carbonyl (C=O) groups is 2. The number of hydrogen-bond donors (Lipinski definition) is 2. The molecule has 0 unspecified atom stereocenters. The Hall–Kier alpha value is -1.32. The number of ketones is 1. The molecule has 3 rings (SSSR count). The van der Waals surface area contributed by atoms with Crippen LogP contribution in [0.15, 0.2) is 11.0 Å². The minimum Gasteiger partial charge on any atom is -0.458 e. The van der Waals surface area contributed by atoms with E-state index in [1.54, 1.807) is 20.8 Å². The maximum Gasteiger partial charge on any atom is 0.309 e. The number of fused-ring (bicyclic) bond motifs is 1. The molecular formula is C26H38ClNO6S. The Labute approximate surface area is 216 Å². The lowest BCUT2D eigenvalue weighted by Crippen LogP contribution is -2.45. The second kappa shape index (κ2) is 11.8. The summed E-state index contributed by atoms with van der Waals surface area (Å²) in [6, 6.07) is 0. The molecule has 2 saturated heterocycles. The molecule has 0 amide bonds. The zero-order chi connectivity index (χ0) is 25.9. The van der Waals surface area contributed by atoms with Gasteiger partial charge in [-0.15, -0.1) is 22.9 Å². The molecule has 196 valence electrons. The van der Waals surface area contributed by atoms with Crippen LogP contribution in [0.5, 0.6) is 0 Å². The average molecular weight is 528 g/mol. The number of aromatic nitrogens is 1. The number of ether oxygens (including phenoxy) is 2. The highest BCUT2D eigenvalue weighted by atomic mass is 35.5. The number of alkyl halides is 1. The van der Waals surface area contributed by atoms with Gasteiger partial charge in [-0.2, -0.15) is 0 Å². The van der Waals surface area contributed by atoms with E-state index < -0.39 is 35.6 Å². The van der Waals surface area contributed by atoms with Crippen LogP contribution < -0.4 is 0 Å². The van der Waals surface area contributed by atoms with Crippen molar-refractivity contribution in [1.82, 2.24) is 4.98 Å². The largest absolute Gasteiger partial charge is 0.458 e.